The van der Waals surface area contributed by atoms with Crippen molar-refractivity contribution in [2.45, 2.75) is 11.3 Å². The summed E-state index contributed by atoms with van der Waals surface area (Å²) in [6.45, 7) is 0. The van der Waals surface area contributed by atoms with E-state index in [0.717, 1.165) is 0 Å². The van der Waals surface area contributed by atoms with Crippen LogP contribution in [0.25, 0.3) is 22.3 Å². The molecule has 0 heteroatoms. The van der Waals surface area contributed by atoms with Crippen LogP contribution in [0.15, 0.2) is 188 Å². The van der Waals surface area contributed by atoms with E-state index in [1.807, 2.05) is 0 Å². The van der Waals surface area contributed by atoms with Crippen LogP contribution in [-0.2, 0) is 5.41 Å². The highest BCUT2D eigenvalue weighted by molar-refractivity contribution is 6.01. The first-order valence-electron chi connectivity index (χ1n) is 14.7. The van der Waals surface area contributed by atoms with E-state index in [1.54, 1.807) is 0 Å². The Morgan fingerprint density at radius 2 is 0.786 bits per heavy atom. The first-order valence-corrected chi connectivity index (χ1v) is 14.7. The summed E-state index contributed by atoms with van der Waals surface area (Å²) < 4.78 is 0. The maximum Gasteiger partial charge on any atom is 0.0494 e. The molecule has 0 saturated heterocycles. The van der Waals surface area contributed by atoms with Gasteiger partial charge in [-0.05, 0) is 50.1 Å². The van der Waals surface area contributed by atoms with Gasteiger partial charge in [-0.1, -0.05) is 188 Å². The largest absolute Gasteiger partial charge is 0.0680 e. The van der Waals surface area contributed by atoms with Gasteiger partial charge in [-0.2, -0.15) is 0 Å². The molecule has 0 nitrogen and oxygen atoms in total. The molecule has 0 radical (unpaired) electrons. The summed E-state index contributed by atoms with van der Waals surface area (Å²) >= 11 is 0. The quantitative estimate of drug-likeness (QED) is 0.199. The van der Waals surface area contributed by atoms with E-state index >= 15 is 0 Å². The molecule has 2 unspecified atom stereocenters. The molecule has 1 aliphatic rings. The van der Waals surface area contributed by atoms with Gasteiger partial charge in [-0.15, -0.1) is 0 Å². The van der Waals surface area contributed by atoms with Crippen LogP contribution in [0.2, 0.25) is 0 Å². The summed E-state index contributed by atoms with van der Waals surface area (Å²) in [7, 11) is 0. The van der Waals surface area contributed by atoms with Gasteiger partial charge in [0.05, 0.1) is 0 Å². The minimum Gasteiger partial charge on any atom is -0.0680 e. The molecule has 0 heterocycles. The number of allylic oxidation sites excluding steroid dienone is 4. The van der Waals surface area contributed by atoms with E-state index in [1.165, 1.54) is 50.1 Å². The molecule has 2 atom stereocenters. The van der Waals surface area contributed by atoms with Crippen LogP contribution >= 0.6 is 0 Å². The van der Waals surface area contributed by atoms with Gasteiger partial charge in [0, 0.05) is 11.3 Å². The van der Waals surface area contributed by atoms with Crippen molar-refractivity contribution >= 4 is 11.1 Å². The molecule has 6 aromatic carbocycles. The fourth-order valence-corrected chi connectivity index (χ4v) is 6.64. The average Bonchev–Trinajstić information content (AvgIpc) is 3.09. The summed E-state index contributed by atoms with van der Waals surface area (Å²) in [6, 6.07) is 63.8. The van der Waals surface area contributed by atoms with Gasteiger partial charge < -0.3 is 0 Å². The standard InChI is InChI=1S/C42H32/c1-6-16-32(17-7-1)33-26-28-38(29-27-33)42(37-24-14-5-15-25-37)31-30-39(34-18-8-2-9-19-34)40(35-20-10-3-11-21-35)41(42)36-22-12-4-13-23-36/h1-31,41H. The monoisotopic (exact) mass is 536 g/mol. The van der Waals surface area contributed by atoms with Crippen molar-refractivity contribution in [2.75, 3.05) is 0 Å². The van der Waals surface area contributed by atoms with Crippen molar-refractivity contribution < 1.29 is 0 Å². The van der Waals surface area contributed by atoms with Gasteiger partial charge in [0.1, 0.15) is 0 Å². The second kappa shape index (κ2) is 11.4. The zero-order chi connectivity index (χ0) is 28.2. The summed E-state index contributed by atoms with van der Waals surface area (Å²) in [5.74, 6) is 0.0336. The third kappa shape index (κ3) is 4.62. The van der Waals surface area contributed by atoms with Crippen molar-refractivity contribution in [3.63, 3.8) is 0 Å². The molecule has 0 N–H and O–H groups in total. The van der Waals surface area contributed by atoms with E-state index in [4.69, 9.17) is 0 Å². The second-order valence-corrected chi connectivity index (χ2v) is 10.9. The fourth-order valence-electron chi connectivity index (χ4n) is 6.64. The van der Waals surface area contributed by atoms with E-state index < -0.39 is 5.41 Å². The predicted octanol–water partition coefficient (Wildman–Crippen LogP) is 10.6. The van der Waals surface area contributed by atoms with Crippen molar-refractivity contribution in [3.05, 3.63) is 216 Å². The summed E-state index contributed by atoms with van der Waals surface area (Å²) in [6.07, 6.45) is 4.83. The number of hydrogen-bond acceptors (Lipinski definition) is 0. The Bertz CT molecular complexity index is 1820. The Hall–Kier alpha value is -5.20. The molecule has 0 amide bonds. The lowest BCUT2D eigenvalue weighted by atomic mass is 9.57. The third-order valence-corrected chi connectivity index (χ3v) is 8.57. The molecule has 0 fully saturated rings. The van der Waals surface area contributed by atoms with Gasteiger partial charge in [0.25, 0.3) is 0 Å². The smallest absolute Gasteiger partial charge is 0.0494 e. The molecule has 0 saturated carbocycles. The summed E-state index contributed by atoms with van der Waals surface area (Å²) in [4.78, 5) is 0. The van der Waals surface area contributed by atoms with Crippen LogP contribution in [-0.4, -0.2) is 0 Å². The van der Waals surface area contributed by atoms with Gasteiger partial charge in [-0.3, -0.25) is 0 Å². The molecular weight excluding hydrogens is 504 g/mol. The Kier molecular flexibility index (Phi) is 6.96. The average molecular weight is 537 g/mol. The van der Waals surface area contributed by atoms with Gasteiger partial charge >= 0.3 is 0 Å². The van der Waals surface area contributed by atoms with Crippen LogP contribution in [0.3, 0.4) is 0 Å². The molecule has 0 bridgehead atoms. The Labute approximate surface area is 249 Å². The molecule has 7 rings (SSSR count). The maximum atomic E-state index is 2.46. The Morgan fingerprint density at radius 3 is 1.36 bits per heavy atom. The summed E-state index contributed by atoms with van der Waals surface area (Å²) in [5.41, 5.74) is 11.0. The van der Waals surface area contributed by atoms with Crippen molar-refractivity contribution in [1.29, 1.82) is 0 Å². The van der Waals surface area contributed by atoms with Crippen LogP contribution in [0.1, 0.15) is 33.7 Å². The molecule has 200 valence electrons. The molecule has 0 spiro atoms. The highest BCUT2D eigenvalue weighted by atomic mass is 14.5. The molecule has 1 aliphatic carbocycles. The normalized spacial score (nSPS) is 18.1. The minimum atomic E-state index is -0.429. The zero-order valence-corrected chi connectivity index (χ0v) is 23.5. The van der Waals surface area contributed by atoms with E-state index in [9.17, 15) is 0 Å². The molecule has 0 aliphatic heterocycles. The second-order valence-electron chi connectivity index (χ2n) is 10.9. The number of rotatable bonds is 6. The Morgan fingerprint density at radius 1 is 0.357 bits per heavy atom. The van der Waals surface area contributed by atoms with Crippen molar-refractivity contribution in [3.8, 4) is 11.1 Å². The van der Waals surface area contributed by atoms with Gasteiger partial charge in [-0.25, -0.2) is 0 Å². The number of hydrogen-bond donors (Lipinski definition) is 0. The third-order valence-electron chi connectivity index (χ3n) is 8.57. The highest BCUT2D eigenvalue weighted by Crippen LogP contribution is 2.56. The maximum absolute atomic E-state index is 2.46. The first-order chi connectivity index (χ1) is 20.8. The van der Waals surface area contributed by atoms with Crippen LogP contribution < -0.4 is 0 Å². The predicted molar refractivity (Wildman–Crippen MR) is 177 cm³/mol. The van der Waals surface area contributed by atoms with Crippen molar-refractivity contribution in [2.24, 2.45) is 0 Å². The molecule has 0 aromatic heterocycles. The summed E-state index contributed by atoms with van der Waals surface area (Å²) in [5, 5.41) is 0. The lowest BCUT2D eigenvalue weighted by Crippen LogP contribution is -2.36. The Balaban J connectivity index is 1.54. The van der Waals surface area contributed by atoms with Gasteiger partial charge in [0.15, 0.2) is 0 Å². The minimum absolute atomic E-state index is 0.0336. The van der Waals surface area contributed by atoms with Crippen LogP contribution in [0.5, 0.6) is 0 Å². The first kappa shape index (κ1) is 25.7. The van der Waals surface area contributed by atoms with E-state index in [-0.39, 0.29) is 5.92 Å². The number of benzene rings is 6. The fraction of sp³-hybridized carbons (Fsp3) is 0.0476. The highest BCUT2D eigenvalue weighted by Gasteiger charge is 2.45. The topological polar surface area (TPSA) is 0 Å². The SMILES string of the molecule is C1=CC(c2ccccc2)(c2ccc(-c3ccccc3)cc2)C(c2ccccc2)C(c2ccccc2)=C1c1ccccc1. The zero-order valence-electron chi connectivity index (χ0n) is 23.5. The lowest BCUT2D eigenvalue weighted by molar-refractivity contribution is 0.579. The van der Waals surface area contributed by atoms with E-state index in [2.05, 4.69) is 188 Å². The van der Waals surface area contributed by atoms with E-state index in [0.29, 0.717) is 0 Å². The molecule has 6 aromatic rings. The van der Waals surface area contributed by atoms with Crippen LogP contribution in [0, 0.1) is 0 Å². The van der Waals surface area contributed by atoms with Crippen molar-refractivity contribution in [1.82, 2.24) is 0 Å². The molecular formula is C42H32. The lowest BCUT2D eigenvalue weighted by Gasteiger charge is -2.45. The van der Waals surface area contributed by atoms with Gasteiger partial charge in [0.2, 0.25) is 0 Å². The van der Waals surface area contributed by atoms with Crippen LogP contribution in [0.4, 0.5) is 0 Å². The molecule has 42 heavy (non-hydrogen) atoms.